The van der Waals surface area contributed by atoms with Crippen LogP contribution in [0.4, 0.5) is 8.78 Å². The normalized spacial score (nSPS) is 12.8. The summed E-state index contributed by atoms with van der Waals surface area (Å²) in [6.45, 7) is 4.03. The van der Waals surface area contributed by atoms with Crippen LogP contribution in [0.2, 0.25) is 0 Å². The third-order valence-electron chi connectivity index (χ3n) is 2.36. The standard InChI is InChI=1S/C12H17F2NO/c1-11(2,3)12(13,14)9-16-8-10-6-4-5-7-15-10/h4-7H,8-9H2,1-3H3. The highest BCUT2D eigenvalue weighted by molar-refractivity contribution is 5.01. The maximum absolute atomic E-state index is 13.5. The molecule has 1 aromatic rings. The van der Waals surface area contributed by atoms with Crippen molar-refractivity contribution in [3.63, 3.8) is 0 Å². The zero-order valence-corrected chi connectivity index (χ0v) is 9.84. The van der Waals surface area contributed by atoms with Gasteiger partial charge >= 0.3 is 0 Å². The first-order valence-corrected chi connectivity index (χ1v) is 5.18. The summed E-state index contributed by atoms with van der Waals surface area (Å²) < 4.78 is 32.0. The van der Waals surface area contributed by atoms with Crippen molar-refractivity contribution >= 4 is 0 Å². The fourth-order valence-corrected chi connectivity index (χ4v) is 0.984. The van der Waals surface area contributed by atoms with Crippen molar-refractivity contribution in [2.45, 2.75) is 33.3 Å². The van der Waals surface area contributed by atoms with Crippen LogP contribution < -0.4 is 0 Å². The van der Waals surface area contributed by atoms with Gasteiger partial charge in [-0.2, -0.15) is 0 Å². The number of aromatic nitrogens is 1. The minimum Gasteiger partial charge on any atom is -0.369 e. The second-order valence-electron chi connectivity index (χ2n) is 4.77. The average Bonchev–Trinajstić information content (AvgIpc) is 2.17. The quantitative estimate of drug-likeness (QED) is 0.790. The lowest BCUT2D eigenvalue weighted by Gasteiger charge is -2.29. The number of hydrogen-bond acceptors (Lipinski definition) is 2. The van der Waals surface area contributed by atoms with E-state index in [1.807, 2.05) is 0 Å². The van der Waals surface area contributed by atoms with E-state index in [2.05, 4.69) is 4.98 Å². The Morgan fingerprint density at radius 3 is 2.44 bits per heavy atom. The van der Waals surface area contributed by atoms with Gasteiger partial charge in [0.05, 0.1) is 12.3 Å². The van der Waals surface area contributed by atoms with Crippen LogP contribution in [0.15, 0.2) is 24.4 Å². The molecule has 90 valence electrons. The van der Waals surface area contributed by atoms with Gasteiger partial charge in [-0.05, 0) is 12.1 Å². The molecule has 4 heteroatoms. The van der Waals surface area contributed by atoms with E-state index in [9.17, 15) is 8.78 Å². The lowest BCUT2D eigenvalue weighted by atomic mass is 9.88. The third-order valence-corrected chi connectivity index (χ3v) is 2.36. The molecule has 1 rings (SSSR count). The Kier molecular flexibility index (Phi) is 3.97. The van der Waals surface area contributed by atoms with Crippen LogP contribution in [0.1, 0.15) is 26.5 Å². The van der Waals surface area contributed by atoms with E-state index in [0.717, 1.165) is 0 Å². The molecule has 0 unspecified atom stereocenters. The van der Waals surface area contributed by atoms with E-state index < -0.39 is 17.9 Å². The fourth-order valence-electron chi connectivity index (χ4n) is 0.984. The zero-order valence-electron chi connectivity index (χ0n) is 9.84. The van der Waals surface area contributed by atoms with Gasteiger partial charge in [0.1, 0.15) is 6.61 Å². The van der Waals surface area contributed by atoms with Crippen molar-refractivity contribution in [3.8, 4) is 0 Å². The van der Waals surface area contributed by atoms with Crippen LogP contribution in [0.5, 0.6) is 0 Å². The summed E-state index contributed by atoms with van der Waals surface area (Å²) in [5, 5.41) is 0. The topological polar surface area (TPSA) is 22.1 Å². The molecule has 0 aliphatic rings. The number of hydrogen-bond donors (Lipinski definition) is 0. The van der Waals surface area contributed by atoms with Crippen LogP contribution in [0.25, 0.3) is 0 Å². The summed E-state index contributed by atoms with van der Waals surface area (Å²) >= 11 is 0. The molecule has 0 N–H and O–H groups in total. The molecule has 0 bridgehead atoms. The minimum atomic E-state index is -2.83. The van der Waals surface area contributed by atoms with Crippen molar-refractivity contribution in [2.24, 2.45) is 5.41 Å². The van der Waals surface area contributed by atoms with Gasteiger partial charge in [0.15, 0.2) is 0 Å². The SMILES string of the molecule is CC(C)(C)C(F)(F)COCc1ccccn1. The van der Waals surface area contributed by atoms with Gasteiger partial charge in [0.25, 0.3) is 5.92 Å². The molecule has 0 fully saturated rings. The van der Waals surface area contributed by atoms with Gasteiger partial charge in [-0.3, -0.25) is 4.98 Å². The maximum atomic E-state index is 13.5. The first-order valence-electron chi connectivity index (χ1n) is 5.18. The lowest BCUT2D eigenvalue weighted by molar-refractivity contribution is -0.149. The highest BCUT2D eigenvalue weighted by Crippen LogP contribution is 2.35. The Labute approximate surface area is 94.7 Å². The first kappa shape index (κ1) is 13.0. The highest BCUT2D eigenvalue weighted by atomic mass is 19.3. The Morgan fingerprint density at radius 2 is 1.94 bits per heavy atom. The van der Waals surface area contributed by atoms with Gasteiger partial charge in [-0.25, -0.2) is 8.78 Å². The van der Waals surface area contributed by atoms with E-state index in [4.69, 9.17) is 4.74 Å². The monoisotopic (exact) mass is 229 g/mol. The Morgan fingerprint density at radius 1 is 1.25 bits per heavy atom. The summed E-state index contributed by atoms with van der Waals surface area (Å²) in [6, 6.07) is 5.32. The lowest BCUT2D eigenvalue weighted by Crippen LogP contribution is -2.38. The molecule has 0 amide bonds. The van der Waals surface area contributed by atoms with Crippen LogP contribution in [-0.4, -0.2) is 17.5 Å². The number of rotatable bonds is 4. The molecular formula is C12H17F2NO. The summed E-state index contributed by atoms with van der Waals surface area (Å²) in [5.74, 6) is -2.83. The predicted molar refractivity (Wildman–Crippen MR) is 58.3 cm³/mol. The molecule has 0 saturated heterocycles. The first-order chi connectivity index (χ1) is 7.33. The zero-order chi connectivity index (χ0) is 12.2. The molecule has 0 atom stereocenters. The molecule has 0 saturated carbocycles. The Balaban J connectivity index is 2.42. The number of alkyl halides is 2. The molecule has 1 aromatic heterocycles. The number of nitrogens with zero attached hydrogens (tertiary/aromatic N) is 1. The summed E-state index contributed by atoms with van der Waals surface area (Å²) in [7, 11) is 0. The number of ether oxygens (including phenoxy) is 1. The van der Waals surface area contributed by atoms with Gasteiger partial charge in [0, 0.05) is 11.6 Å². The van der Waals surface area contributed by atoms with E-state index in [-0.39, 0.29) is 6.61 Å². The maximum Gasteiger partial charge on any atom is 0.275 e. The average molecular weight is 229 g/mol. The van der Waals surface area contributed by atoms with Gasteiger partial charge < -0.3 is 4.74 Å². The van der Waals surface area contributed by atoms with E-state index in [1.54, 1.807) is 24.4 Å². The van der Waals surface area contributed by atoms with Gasteiger partial charge in [-0.15, -0.1) is 0 Å². The molecule has 0 radical (unpaired) electrons. The van der Waals surface area contributed by atoms with Crippen molar-refractivity contribution in [2.75, 3.05) is 6.61 Å². The summed E-state index contributed by atoms with van der Waals surface area (Å²) in [6.07, 6.45) is 1.61. The van der Waals surface area contributed by atoms with Crippen LogP contribution in [-0.2, 0) is 11.3 Å². The Hall–Kier alpha value is -1.03. The molecule has 0 aromatic carbocycles. The number of pyridine rings is 1. The largest absolute Gasteiger partial charge is 0.369 e. The van der Waals surface area contributed by atoms with E-state index in [0.29, 0.717) is 5.69 Å². The van der Waals surface area contributed by atoms with Crippen LogP contribution in [0, 0.1) is 5.41 Å². The molecule has 0 spiro atoms. The van der Waals surface area contributed by atoms with Crippen LogP contribution in [0.3, 0.4) is 0 Å². The smallest absolute Gasteiger partial charge is 0.275 e. The molecule has 0 aliphatic carbocycles. The highest BCUT2D eigenvalue weighted by Gasteiger charge is 2.43. The van der Waals surface area contributed by atoms with Crippen LogP contribution >= 0.6 is 0 Å². The van der Waals surface area contributed by atoms with Crippen molar-refractivity contribution in [1.82, 2.24) is 4.98 Å². The van der Waals surface area contributed by atoms with E-state index in [1.165, 1.54) is 20.8 Å². The van der Waals surface area contributed by atoms with Gasteiger partial charge in [0.2, 0.25) is 0 Å². The summed E-state index contributed by atoms with van der Waals surface area (Å²) in [4.78, 5) is 3.99. The Bertz CT molecular complexity index is 320. The minimum absolute atomic E-state index is 0.118. The van der Waals surface area contributed by atoms with Crippen molar-refractivity contribution in [1.29, 1.82) is 0 Å². The van der Waals surface area contributed by atoms with Gasteiger partial charge in [-0.1, -0.05) is 26.8 Å². The second-order valence-corrected chi connectivity index (χ2v) is 4.77. The van der Waals surface area contributed by atoms with Crippen molar-refractivity contribution in [3.05, 3.63) is 30.1 Å². The van der Waals surface area contributed by atoms with Crippen molar-refractivity contribution < 1.29 is 13.5 Å². The molecular weight excluding hydrogens is 212 g/mol. The summed E-state index contributed by atoms with van der Waals surface area (Å²) in [5.41, 5.74) is -0.427. The van der Waals surface area contributed by atoms with E-state index >= 15 is 0 Å². The molecule has 0 aliphatic heterocycles. The predicted octanol–water partition coefficient (Wildman–Crippen LogP) is 3.28. The molecule has 1 heterocycles. The molecule has 2 nitrogen and oxygen atoms in total. The third kappa shape index (κ3) is 3.52. The molecule has 16 heavy (non-hydrogen) atoms. The number of halogens is 2. The fraction of sp³-hybridized carbons (Fsp3) is 0.583. The second kappa shape index (κ2) is 4.87.